The van der Waals surface area contributed by atoms with E-state index in [4.69, 9.17) is 20.8 Å². The molecule has 114 valence electrons. The van der Waals surface area contributed by atoms with Crippen LogP contribution in [0.5, 0.6) is 5.75 Å². The van der Waals surface area contributed by atoms with E-state index >= 15 is 0 Å². The number of nitrogens with one attached hydrogen (secondary N) is 1. The Balaban J connectivity index is 1.98. The molecule has 0 saturated heterocycles. The van der Waals surface area contributed by atoms with Crippen LogP contribution in [0.3, 0.4) is 0 Å². The maximum Gasteiger partial charge on any atom is 0.138 e. The van der Waals surface area contributed by atoms with E-state index in [0.29, 0.717) is 23.9 Å². The van der Waals surface area contributed by atoms with Gasteiger partial charge in [0.2, 0.25) is 0 Å². The number of hydrogen-bond acceptors (Lipinski definition) is 3. The summed E-state index contributed by atoms with van der Waals surface area (Å²) >= 11 is 6.08. The van der Waals surface area contributed by atoms with E-state index in [-0.39, 0.29) is 5.54 Å². The van der Waals surface area contributed by atoms with Crippen molar-refractivity contribution in [3.8, 4) is 5.75 Å². The smallest absolute Gasteiger partial charge is 0.138 e. The standard InChI is InChI=1S/C17H22ClNO2/c1-12-13(9-14(21-12)10-19-17(2,3)4)11-20-16-8-6-5-7-15(16)18/h5-9,19H,10-11H2,1-4H3. The Morgan fingerprint density at radius 2 is 1.95 bits per heavy atom. The van der Waals surface area contributed by atoms with Crippen molar-refractivity contribution in [1.29, 1.82) is 0 Å². The molecule has 0 unspecified atom stereocenters. The second kappa shape index (κ2) is 6.54. The van der Waals surface area contributed by atoms with Gasteiger partial charge in [-0.1, -0.05) is 23.7 Å². The molecular formula is C17H22ClNO2. The molecule has 21 heavy (non-hydrogen) atoms. The van der Waals surface area contributed by atoms with Gasteiger partial charge in [0.25, 0.3) is 0 Å². The zero-order valence-electron chi connectivity index (χ0n) is 13.0. The van der Waals surface area contributed by atoms with Crippen molar-refractivity contribution in [2.75, 3.05) is 0 Å². The number of aryl methyl sites for hydroxylation is 1. The first-order valence-corrected chi connectivity index (χ1v) is 7.43. The molecule has 0 atom stereocenters. The molecule has 0 fully saturated rings. The van der Waals surface area contributed by atoms with E-state index in [1.165, 1.54) is 0 Å². The van der Waals surface area contributed by atoms with Gasteiger partial charge in [-0.15, -0.1) is 0 Å². The van der Waals surface area contributed by atoms with Crippen molar-refractivity contribution in [1.82, 2.24) is 5.32 Å². The highest BCUT2D eigenvalue weighted by Crippen LogP contribution is 2.25. The minimum atomic E-state index is 0.0644. The lowest BCUT2D eigenvalue weighted by Crippen LogP contribution is -2.34. The molecule has 0 bridgehead atoms. The van der Waals surface area contributed by atoms with Gasteiger partial charge in [0, 0.05) is 11.1 Å². The van der Waals surface area contributed by atoms with E-state index < -0.39 is 0 Å². The van der Waals surface area contributed by atoms with Gasteiger partial charge in [-0.25, -0.2) is 0 Å². The molecule has 1 N–H and O–H groups in total. The maximum absolute atomic E-state index is 6.08. The van der Waals surface area contributed by atoms with Gasteiger partial charge in [0.1, 0.15) is 23.9 Å². The molecule has 3 nitrogen and oxygen atoms in total. The summed E-state index contributed by atoms with van der Waals surface area (Å²) in [6.07, 6.45) is 0. The summed E-state index contributed by atoms with van der Waals surface area (Å²) in [6.45, 7) is 9.50. The highest BCUT2D eigenvalue weighted by atomic mass is 35.5. The van der Waals surface area contributed by atoms with Crippen LogP contribution in [0, 0.1) is 6.92 Å². The van der Waals surface area contributed by atoms with Crippen LogP contribution < -0.4 is 10.1 Å². The molecule has 0 aliphatic heterocycles. The lowest BCUT2D eigenvalue weighted by molar-refractivity contribution is 0.303. The first kappa shape index (κ1) is 15.9. The first-order chi connectivity index (χ1) is 9.85. The van der Waals surface area contributed by atoms with Crippen molar-refractivity contribution >= 4 is 11.6 Å². The molecule has 0 spiro atoms. The van der Waals surface area contributed by atoms with E-state index in [0.717, 1.165) is 17.1 Å². The molecule has 0 saturated carbocycles. The molecular weight excluding hydrogens is 286 g/mol. The van der Waals surface area contributed by atoms with Crippen LogP contribution in [0.2, 0.25) is 5.02 Å². The van der Waals surface area contributed by atoms with Gasteiger partial charge < -0.3 is 14.5 Å². The van der Waals surface area contributed by atoms with Gasteiger partial charge in [-0.3, -0.25) is 0 Å². The largest absolute Gasteiger partial charge is 0.487 e. The van der Waals surface area contributed by atoms with Crippen LogP contribution in [0.1, 0.15) is 37.9 Å². The van der Waals surface area contributed by atoms with Crippen LogP contribution in [-0.4, -0.2) is 5.54 Å². The number of hydrogen-bond donors (Lipinski definition) is 1. The first-order valence-electron chi connectivity index (χ1n) is 7.06. The van der Waals surface area contributed by atoms with Crippen molar-refractivity contribution < 1.29 is 9.15 Å². The second-order valence-corrected chi connectivity index (χ2v) is 6.52. The van der Waals surface area contributed by atoms with Crippen molar-refractivity contribution in [3.05, 3.63) is 52.4 Å². The summed E-state index contributed by atoms with van der Waals surface area (Å²) in [6, 6.07) is 9.50. The third-order valence-corrected chi connectivity index (χ3v) is 3.40. The Morgan fingerprint density at radius 1 is 1.24 bits per heavy atom. The number of halogens is 1. The van der Waals surface area contributed by atoms with Crippen molar-refractivity contribution in [2.24, 2.45) is 0 Å². The van der Waals surface area contributed by atoms with Crippen LogP contribution in [0.4, 0.5) is 0 Å². The number of para-hydroxylation sites is 1. The summed E-state index contributed by atoms with van der Waals surface area (Å²) in [4.78, 5) is 0. The van der Waals surface area contributed by atoms with Crippen LogP contribution in [0.15, 0.2) is 34.7 Å². The van der Waals surface area contributed by atoms with E-state index in [1.807, 2.05) is 37.3 Å². The van der Waals surface area contributed by atoms with E-state index in [9.17, 15) is 0 Å². The lowest BCUT2D eigenvalue weighted by Gasteiger charge is -2.19. The Bertz CT molecular complexity index is 599. The fourth-order valence-electron chi connectivity index (χ4n) is 1.89. The molecule has 1 heterocycles. The Labute approximate surface area is 131 Å². The molecule has 2 rings (SSSR count). The van der Waals surface area contributed by atoms with Crippen LogP contribution >= 0.6 is 11.6 Å². The van der Waals surface area contributed by atoms with Gasteiger partial charge >= 0.3 is 0 Å². The SMILES string of the molecule is Cc1oc(CNC(C)(C)C)cc1COc1ccccc1Cl. The maximum atomic E-state index is 6.08. The topological polar surface area (TPSA) is 34.4 Å². The summed E-state index contributed by atoms with van der Waals surface area (Å²) < 4.78 is 11.5. The zero-order chi connectivity index (χ0) is 15.5. The normalized spacial score (nSPS) is 11.7. The molecule has 0 radical (unpaired) electrons. The van der Waals surface area contributed by atoms with Gasteiger partial charge in [-0.05, 0) is 45.9 Å². The molecule has 1 aromatic heterocycles. The average Bonchev–Trinajstić information content (AvgIpc) is 2.75. The quantitative estimate of drug-likeness (QED) is 0.868. The lowest BCUT2D eigenvalue weighted by atomic mass is 10.1. The third-order valence-electron chi connectivity index (χ3n) is 3.08. The second-order valence-electron chi connectivity index (χ2n) is 6.12. The third kappa shape index (κ3) is 4.80. The van der Waals surface area contributed by atoms with Crippen molar-refractivity contribution in [3.63, 3.8) is 0 Å². The van der Waals surface area contributed by atoms with Gasteiger partial charge in [-0.2, -0.15) is 0 Å². The summed E-state index contributed by atoms with van der Waals surface area (Å²) in [5.41, 5.74) is 1.11. The highest BCUT2D eigenvalue weighted by molar-refractivity contribution is 6.32. The number of furan rings is 1. The fraction of sp³-hybridized carbons (Fsp3) is 0.412. The Morgan fingerprint density at radius 3 is 2.62 bits per heavy atom. The zero-order valence-corrected chi connectivity index (χ0v) is 13.8. The Kier molecular flexibility index (Phi) is 4.96. The summed E-state index contributed by atoms with van der Waals surface area (Å²) in [5, 5.41) is 4.02. The molecule has 0 aliphatic rings. The molecule has 0 aliphatic carbocycles. The molecule has 1 aromatic carbocycles. The molecule has 2 aromatic rings. The average molecular weight is 308 g/mol. The number of benzene rings is 1. The highest BCUT2D eigenvalue weighted by Gasteiger charge is 2.13. The summed E-state index contributed by atoms with van der Waals surface area (Å²) in [5.74, 6) is 2.49. The number of rotatable bonds is 5. The molecule has 0 amide bonds. The van der Waals surface area contributed by atoms with Crippen LogP contribution in [-0.2, 0) is 13.2 Å². The fourth-order valence-corrected chi connectivity index (χ4v) is 2.08. The predicted octanol–water partition coefficient (Wildman–Crippen LogP) is 4.71. The number of ether oxygens (including phenoxy) is 1. The van der Waals surface area contributed by atoms with Gasteiger partial charge in [0.15, 0.2) is 0 Å². The van der Waals surface area contributed by atoms with Crippen molar-refractivity contribution in [2.45, 2.75) is 46.4 Å². The van der Waals surface area contributed by atoms with E-state index in [2.05, 4.69) is 26.1 Å². The predicted molar refractivity (Wildman–Crippen MR) is 85.8 cm³/mol. The van der Waals surface area contributed by atoms with Gasteiger partial charge in [0.05, 0.1) is 11.6 Å². The van der Waals surface area contributed by atoms with E-state index in [1.54, 1.807) is 0 Å². The van der Waals surface area contributed by atoms with Crippen LogP contribution in [0.25, 0.3) is 0 Å². The monoisotopic (exact) mass is 307 g/mol. The Hall–Kier alpha value is -1.45. The summed E-state index contributed by atoms with van der Waals surface area (Å²) in [7, 11) is 0. The molecule has 4 heteroatoms. The minimum absolute atomic E-state index is 0.0644. The minimum Gasteiger partial charge on any atom is -0.487 e.